The second-order valence-electron chi connectivity index (χ2n) is 2.83. The van der Waals surface area contributed by atoms with E-state index in [1.54, 1.807) is 0 Å². The molecule has 0 aliphatic carbocycles. The molecule has 9 heavy (non-hydrogen) atoms. The molecule has 1 N–H and O–H groups in total. The Morgan fingerprint density at radius 1 is 1.44 bits per heavy atom. The summed E-state index contributed by atoms with van der Waals surface area (Å²) in [5.74, 6) is 0.411. The summed E-state index contributed by atoms with van der Waals surface area (Å²) in [4.78, 5) is 0. The SMILES string of the molecule is CC1CCO[C@@H](C)C1O. The first kappa shape index (κ1) is 7.03. The van der Waals surface area contributed by atoms with E-state index < -0.39 is 0 Å². The van der Waals surface area contributed by atoms with Crippen molar-refractivity contribution >= 4 is 0 Å². The number of aliphatic hydroxyl groups is 1. The zero-order valence-electron chi connectivity index (χ0n) is 6.00. The van der Waals surface area contributed by atoms with E-state index in [0.717, 1.165) is 13.0 Å². The lowest BCUT2D eigenvalue weighted by molar-refractivity contribution is -0.0911. The van der Waals surface area contributed by atoms with Gasteiger partial charge in [-0.05, 0) is 19.3 Å². The van der Waals surface area contributed by atoms with Crippen molar-refractivity contribution in [3.05, 3.63) is 0 Å². The van der Waals surface area contributed by atoms with Crippen LogP contribution in [0.15, 0.2) is 0 Å². The summed E-state index contributed by atoms with van der Waals surface area (Å²) < 4.78 is 5.21. The average Bonchev–Trinajstić information content (AvgIpc) is 1.83. The van der Waals surface area contributed by atoms with Crippen molar-refractivity contribution in [3.63, 3.8) is 0 Å². The molecular weight excluding hydrogens is 116 g/mol. The highest BCUT2D eigenvalue weighted by atomic mass is 16.5. The van der Waals surface area contributed by atoms with Gasteiger partial charge in [0, 0.05) is 6.61 Å². The first-order valence-corrected chi connectivity index (χ1v) is 3.51. The maximum absolute atomic E-state index is 9.32. The zero-order valence-corrected chi connectivity index (χ0v) is 6.00. The van der Waals surface area contributed by atoms with E-state index in [0.29, 0.717) is 5.92 Å². The third-order valence-electron chi connectivity index (χ3n) is 2.02. The molecule has 1 rings (SSSR count). The van der Waals surface area contributed by atoms with E-state index in [2.05, 4.69) is 6.92 Å². The fourth-order valence-electron chi connectivity index (χ4n) is 1.17. The van der Waals surface area contributed by atoms with Crippen LogP contribution >= 0.6 is 0 Å². The first-order chi connectivity index (χ1) is 4.22. The molecule has 54 valence electrons. The van der Waals surface area contributed by atoms with Gasteiger partial charge in [0.05, 0.1) is 12.2 Å². The molecule has 1 aliphatic rings. The molecule has 0 saturated carbocycles. The normalized spacial score (nSPS) is 45.0. The summed E-state index contributed by atoms with van der Waals surface area (Å²) in [7, 11) is 0. The van der Waals surface area contributed by atoms with Gasteiger partial charge in [-0.1, -0.05) is 6.92 Å². The second-order valence-corrected chi connectivity index (χ2v) is 2.83. The highest BCUT2D eigenvalue weighted by Gasteiger charge is 2.25. The fraction of sp³-hybridized carbons (Fsp3) is 1.00. The number of ether oxygens (including phenoxy) is 1. The maximum atomic E-state index is 9.32. The molecule has 3 atom stereocenters. The van der Waals surface area contributed by atoms with Crippen LogP contribution in [0.1, 0.15) is 20.3 Å². The van der Waals surface area contributed by atoms with E-state index >= 15 is 0 Å². The minimum Gasteiger partial charge on any atom is -0.390 e. The van der Waals surface area contributed by atoms with Crippen LogP contribution in [-0.2, 0) is 4.74 Å². The van der Waals surface area contributed by atoms with Gasteiger partial charge in [0.2, 0.25) is 0 Å². The van der Waals surface area contributed by atoms with Crippen LogP contribution in [0.2, 0.25) is 0 Å². The topological polar surface area (TPSA) is 29.5 Å². The van der Waals surface area contributed by atoms with Crippen molar-refractivity contribution in [2.45, 2.75) is 32.5 Å². The Labute approximate surface area is 55.8 Å². The second kappa shape index (κ2) is 2.67. The quantitative estimate of drug-likeness (QED) is 0.525. The summed E-state index contributed by atoms with van der Waals surface area (Å²) in [5, 5.41) is 9.32. The van der Waals surface area contributed by atoms with Gasteiger partial charge in [-0.3, -0.25) is 0 Å². The smallest absolute Gasteiger partial charge is 0.0825 e. The van der Waals surface area contributed by atoms with Gasteiger partial charge in [-0.25, -0.2) is 0 Å². The van der Waals surface area contributed by atoms with Crippen molar-refractivity contribution in [2.75, 3.05) is 6.61 Å². The summed E-state index contributed by atoms with van der Waals surface area (Å²) in [6.45, 7) is 4.78. The molecule has 0 spiro atoms. The third-order valence-corrected chi connectivity index (χ3v) is 2.02. The monoisotopic (exact) mass is 130 g/mol. The predicted octanol–water partition coefficient (Wildman–Crippen LogP) is 0.792. The van der Waals surface area contributed by atoms with Crippen LogP contribution in [0, 0.1) is 5.92 Å². The zero-order chi connectivity index (χ0) is 6.85. The van der Waals surface area contributed by atoms with Crippen molar-refractivity contribution in [1.29, 1.82) is 0 Å². The first-order valence-electron chi connectivity index (χ1n) is 3.51. The van der Waals surface area contributed by atoms with Crippen molar-refractivity contribution in [3.8, 4) is 0 Å². The van der Waals surface area contributed by atoms with Gasteiger partial charge in [-0.15, -0.1) is 0 Å². The molecule has 0 bridgehead atoms. The molecule has 1 aliphatic heterocycles. The predicted molar refractivity (Wildman–Crippen MR) is 35.2 cm³/mol. The van der Waals surface area contributed by atoms with Gasteiger partial charge in [0.1, 0.15) is 0 Å². The Bertz CT molecular complexity index is 82.9. The lowest BCUT2D eigenvalue weighted by atomic mass is 9.95. The molecule has 0 amide bonds. The molecule has 2 heteroatoms. The molecular formula is C7H14O2. The van der Waals surface area contributed by atoms with Crippen molar-refractivity contribution < 1.29 is 9.84 Å². The molecule has 0 aromatic rings. The molecule has 2 unspecified atom stereocenters. The highest BCUT2D eigenvalue weighted by molar-refractivity contribution is 4.74. The van der Waals surface area contributed by atoms with Crippen LogP contribution in [-0.4, -0.2) is 23.9 Å². The van der Waals surface area contributed by atoms with Crippen LogP contribution in [0.3, 0.4) is 0 Å². The van der Waals surface area contributed by atoms with E-state index in [1.165, 1.54) is 0 Å². The van der Waals surface area contributed by atoms with Gasteiger partial charge in [0.25, 0.3) is 0 Å². The third kappa shape index (κ3) is 1.43. The number of aliphatic hydroxyl groups excluding tert-OH is 1. The summed E-state index contributed by atoms with van der Waals surface area (Å²) in [5.41, 5.74) is 0. The summed E-state index contributed by atoms with van der Waals surface area (Å²) in [6, 6.07) is 0. The number of hydrogen-bond donors (Lipinski definition) is 1. The Morgan fingerprint density at radius 3 is 2.56 bits per heavy atom. The summed E-state index contributed by atoms with van der Waals surface area (Å²) >= 11 is 0. The van der Waals surface area contributed by atoms with E-state index in [9.17, 15) is 5.11 Å². The fourth-order valence-corrected chi connectivity index (χ4v) is 1.17. The van der Waals surface area contributed by atoms with Gasteiger partial charge in [-0.2, -0.15) is 0 Å². The summed E-state index contributed by atoms with van der Waals surface area (Å²) in [6.07, 6.45) is 0.776. The van der Waals surface area contributed by atoms with Crippen LogP contribution in [0.25, 0.3) is 0 Å². The Balaban J connectivity index is 2.41. The van der Waals surface area contributed by atoms with Crippen LogP contribution in [0.4, 0.5) is 0 Å². The lowest BCUT2D eigenvalue weighted by Gasteiger charge is -2.30. The van der Waals surface area contributed by atoms with Crippen LogP contribution < -0.4 is 0 Å². The Morgan fingerprint density at radius 2 is 2.11 bits per heavy atom. The van der Waals surface area contributed by atoms with Gasteiger partial charge >= 0.3 is 0 Å². The van der Waals surface area contributed by atoms with E-state index in [4.69, 9.17) is 4.74 Å². The Hall–Kier alpha value is -0.0800. The molecule has 2 nitrogen and oxygen atoms in total. The molecule has 0 aromatic heterocycles. The Kier molecular flexibility index (Phi) is 2.09. The van der Waals surface area contributed by atoms with E-state index in [-0.39, 0.29) is 12.2 Å². The largest absolute Gasteiger partial charge is 0.390 e. The lowest BCUT2D eigenvalue weighted by Crippen LogP contribution is -2.37. The minimum absolute atomic E-state index is 0.0359. The molecule has 0 aromatic carbocycles. The van der Waals surface area contributed by atoms with Crippen LogP contribution in [0.5, 0.6) is 0 Å². The molecule has 1 fully saturated rings. The highest BCUT2D eigenvalue weighted by Crippen LogP contribution is 2.19. The molecule has 0 radical (unpaired) electrons. The van der Waals surface area contributed by atoms with Crippen molar-refractivity contribution in [2.24, 2.45) is 5.92 Å². The maximum Gasteiger partial charge on any atom is 0.0825 e. The van der Waals surface area contributed by atoms with Crippen molar-refractivity contribution in [1.82, 2.24) is 0 Å². The minimum atomic E-state index is -0.251. The molecule has 1 heterocycles. The average molecular weight is 130 g/mol. The molecule has 1 saturated heterocycles. The number of rotatable bonds is 0. The van der Waals surface area contributed by atoms with Gasteiger partial charge < -0.3 is 9.84 Å². The van der Waals surface area contributed by atoms with E-state index in [1.807, 2.05) is 6.92 Å². The van der Waals surface area contributed by atoms with Gasteiger partial charge in [0.15, 0.2) is 0 Å². The number of hydrogen-bond acceptors (Lipinski definition) is 2. The standard InChI is InChI=1S/C7H14O2/c1-5-3-4-9-6(2)7(5)8/h5-8H,3-4H2,1-2H3/t5?,6-,7?/m0/s1.